The lowest BCUT2D eigenvalue weighted by atomic mass is 10.0. The van der Waals surface area contributed by atoms with Gasteiger partial charge in [-0.25, -0.2) is 9.78 Å². The first-order chi connectivity index (χ1) is 18.0. The van der Waals surface area contributed by atoms with Crippen molar-refractivity contribution in [3.8, 4) is 17.0 Å². The lowest BCUT2D eigenvalue weighted by molar-refractivity contribution is -0.129. The summed E-state index contributed by atoms with van der Waals surface area (Å²) in [6.07, 6.45) is 2.09. The minimum atomic E-state index is -0.830. The van der Waals surface area contributed by atoms with Gasteiger partial charge in [-0.3, -0.25) is 9.69 Å². The number of carbonyl (C=O) groups is 2. The molecule has 0 saturated carbocycles. The number of nitrogens with one attached hydrogen (secondary N) is 2. The van der Waals surface area contributed by atoms with Crippen LogP contribution in [0.2, 0.25) is 5.02 Å². The van der Waals surface area contributed by atoms with Crippen LogP contribution in [-0.4, -0.2) is 45.1 Å². The number of urea groups is 1. The summed E-state index contributed by atoms with van der Waals surface area (Å²) in [5.41, 5.74) is 3.25. The minimum Gasteiger partial charge on any atom is -0.491 e. The van der Waals surface area contributed by atoms with Gasteiger partial charge < -0.3 is 20.1 Å². The van der Waals surface area contributed by atoms with E-state index in [1.54, 1.807) is 42.6 Å². The van der Waals surface area contributed by atoms with Crippen molar-refractivity contribution in [2.24, 2.45) is 0 Å². The van der Waals surface area contributed by atoms with Crippen molar-refractivity contribution in [3.05, 3.63) is 107 Å². The van der Waals surface area contributed by atoms with Crippen molar-refractivity contribution in [1.29, 1.82) is 0 Å². The first kappa shape index (κ1) is 24.5. The van der Waals surface area contributed by atoms with Crippen molar-refractivity contribution in [2.75, 3.05) is 13.2 Å². The topological polar surface area (TPSA) is 108 Å². The molecular weight excluding hydrogens is 492 g/mol. The monoisotopic (exact) mass is 516 g/mol. The van der Waals surface area contributed by atoms with E-state index in [2.05, 4.69) is 15.3 Å². The second-order valence-electron chi connectivity index (χ2n) is 8.63. The van der Waals surface area contributed by atoms with E-state index in [4.69, 9.17) is 21.4 Å². The molecule has 9 heteroatoms. The normalized spacial score (nSPS) is 16.1. The summed E-state index contributed by atoms with van der Waals surface area (Å²) in [5.74, 6) is 0.712. The van der Waals surface area contributed by atoms with Gasteiger partial charge in [0.05, 0.1) is 18.5 Å². The SMILES string of the molecule is O=C1NC(c2ccc(OCCO)cc2)C(=O)N1[C@@H](Cc1ccccc1)c1ncc(-c2ccc(Cl)cc2)[nH]1. The molecule has 3 amide bonds. The minimum absolute atomic E-state index is 0.0941. The molecular formula is C28H25ClN4O4. The van der Waals surface area contributed by atoms with Crippen LogP contribution >= 0.6 is 11.6 Å². The smallest absolute Gasteiger partial charge is 0.325 e. The molecule has 1 aliphatic rings. The average molecular weight is 517 g/mol. The van der Waals surface area contributed by atoms with Gasteiger partial charge in [-0.15, -0.1) is 0 Å². The number of imide groups is 1. The summed E-state index contributed by atoms with van der Waals surface area (Å²) in [4.78, 5) is 35.9. The summed E-state index contributed by atoms with van der Waals surface area (Å²) in [6.45, 7) is 0.0811. The molecule has 0 spiro atoms. The fraction of sp³-hybridized carbons (Fsp3) is 0.179. The number of aromatic amines is 1. The van der Waals surface area contributed by atoms with Crippen LogP contribution in [0.1, 0.15) is 29.0 Å². The highest BCUT2D eigenvalue weighted by atomic mass is 35.5. The quantitative estimate of drug-likeness (QED) is 0.280. The number of ether oxygens (including phenoxy) is 1. The lowest BCUT2D eigenvalue weighted by Gasteiger charge is -2.24. The Morgan fingerprint density at radius 1 is 1.00 bits per heavy atom. The number of carbonyl (C=O) groups excluding carboxylic acids is 2. The molecule has 0 radical (unpaired) electrons. The van der Waals surface area contributed by atoms with Crippen molar-refractivity contribution >= 4 is 23.5 Å². The summed E-state index contributed by atoms with van der Waals surface area (Å²) < 4.78 is 5.40. The van der Waals surface area contributed by atoms with Crippen molar-refractivity contribution in [3.63, 3.8) is 0 Å². The lowest BCUT2D eigenvalue weighted by Crippen LogP contribution is -2.36. The molecule has 2 atom stereocenters. The third-order valence-electron chi connectivity index (χ3n) is 6.19. The van der Waals surface area contributed by atoms with E-state index in [0.717, 1.165) is 16.8 Å². The van der Waals surface area contributed by atoms with E-state index < -0.39 is 18.1 Å². The summed E-state index contributed by atoms with van der Waals surface area (Å²) in [6, 6.07) is 21.9. The number of nitrogens with zero attached hydrogens (tertiary/aromatic N) is 2. The second kappa shape index (κ2) is 10.9. The number of benzene rings is 3. The maximum Gasteiger partial charge on any atom is 0.325 e. The van der Waals surface area contributed by atoms with E-state index in [1.165, 1.54) is 4.90 Å². The molecule has 37 heavy (non-hydrogen) atoms. The molecule has 1 saturated heterocycles. The molecule has 0 bridgehead atoms. The Hall–Kier alpha value is -4.14. The van der Waals surface area contributed by atoms with Crippen LogP contribution in [0.5, 0.6) is 5.75 Å². The molecule has 1 fully saturated rings. The summed E-state index contributed by atoms with van der Waals surface area (Å²) in [5, 5.41) is 12.4. The molecule has 3 aromatic carbocycles. The maximum atomic E-state index is 13.6. The number of halogens is 1. The molecule has 2 heterocycles. The van der Waals surface area contributed by atoms with Crippen LogP contribution in [0.4, 0.5) is 4.79 Å². The number of imidazole rings is 1. The van der Waals surface area contributed by atoms with Gasteiger partial charge >= 0.3 is 6.03 Å². The molecule has 0 aliphatic carbocycles. The molecule has 5 rings (SSSR count). The molecule has 1 unspecified atom stereocenters. The van der Waals surface area contributed by atoms with Gasteiger partial charge in [0.1, 0.15) is 30.3 Å². The molecule has 8 nitrogen and oxygen atoms in total. The van der Waals surface area contributed by atoms with Crippen molar-refractivity contribution in [2.45, 2.75) is 18.5 Å². The largest absolute Gasteiger partial charge is 0.491 e. The van der Waals surface area contributed by atoms with E-state index in [9.17, 15) is 9.59 Å². The Labute approximate surface area is 218 Å². The van der Waals surface area contributed by atoms with E-state index in [0.29, 0.717) is 28.6 Å². The molecule has 3 N–H and O–H groups in total. The number of hydrogen-bond donors (Lipinski definition) is 3. The van der Waals surface area contributed by atoms with Gasteiger partial charge in [-0.1, -0.05) is 66.2 Å². The predicted molar refractivity (Wildman–Crippen MR) is 139 cm³/mol. The Bertz CT molecular complexity index is 1370. The average Bonchev–Trinajstić information content (AvgIpc) is 3.52. The van der Waals surface area contributed by atoms with E-state index in [-0.39, 0.29) is 19.1 Å². The van der Waals surface area contributed by atoms with Crippen molar-refractivity contribution < 1.29 is 19.4 Å². The molecule has 1 aromatic heterocycles. The van der Waals surface area contributed by atoms with Gasteiger partial charge in [-0.2, -0.15) is 0 Å². The summed E-state index contributed by atoms with van der Waals surface area (Å²) in [7, 11) is 0. The molecule has 1 aliphatic heterocycles. The number of rotatable bonds is 9. The van der Waals surface area contributed by atoms with Crippen LogP contribution in [0.15, 0.2) is 85.1 Å². The van der Waals surface area contributed by atoms with Gasteiger partial charge in [0.25, 0.3) is 5.91 Å². The van der Waals surface area contributed by atoms with Crippen LogP contribution in [0.3, 0.4) is 0 Å². The van der Waals surface area contributed by atoms with Crippen LogP contribution in [-0.2, 0) is 11.2 Å². The van der Waals surface area contributed by atoms with Crippen LogP contribution in [0.25, 0.3) is 11.3 Å². The zero-order valence-electron chi connectivity index (χ0n) is 19.8. The number of H-pyrrole nitrogens is 1. The Balaban J connectivity index is 1.44. The second-order valence-corrected chi connectivity index (χ2v) is 9.06. The zero-order valence-corrected chi connectivity index (χ0v) is 20.6. The fourth-order valence-corrected chi connectivity index (χ4v) is 4.49. The number of aromatic nitrogens is 2. The Morgan fingerprint density at radius 3 is 2.43 bits per heavy atom. The fourth-order valence-electron chi connectivity index (χ4n) is 4.36. The number of aliphatic hydroxyl groups is 1. The molecule has 4 aromatic rings. The van der Waals surface area contributed by atoms with Gasteiger partial charge in [0, 0.05) is 11.4 Å². The third kappa shape index (κ3) is 5.35. The van der Waals surface area contributed by atoms with Gasteiger partial charge in [0.15, 0.2) is 0 Å². The maximum absolute atomic E-state index is 13.6. The Morgan fingerprint density at radius 2 is 1.73 bits per heavy atom. The van der Waals surface area contributed by atoms with Gasteiger partial charge in [-0.05, 0) is 41.0 Å². The first-order valence-corrected chi connectivity index (χ1v) is 12.2. The van der Waals surface area contributed by atoms with Crippen LogP contribution < -0.4 is 10.1 Å². The number of aliphatic hydroxyl groups excluding tert-OH is 1. The summed E-state index contributed by atoms with van der Waals surface area (Å²) >= 11 is 6.03. The third-order valence-corrected chi connectivity index (χ3v) is 6.45. The Kier molecular flexibility index (Phi) is 7.20. The first-order valence-electron chi connectivity index (χ1n) is 11.9. The van der Waals surface area contributed by atoms with Crippen LogP contribution in [0, 0.1) is 0 Å². The number of hydrogen-bond acceptors (Lipinski definition) is 5. The van der Waals surface area contributed by atoms with Gasteiger partial charge in [0.2, 0.25) is 0 Å². The molecule has 188 valence electrons. The standard InChI is InChI=1S/C28H25ClN4O4/c29-21-10-6-19(7-11-21)23-17-30-26(31-23)24(16-18-4-2-1-3-5-18)33-27(35)25(32-28(33)36)20-8-12-22(13-9-20)37-15-14-34/h1-13,17,24-25,34H,14-16H2,(H,30,31)(H,32,36)/t24-,25?/m0/s1. The van der Waals surface area contributed by atoms with E-state index >= 15 is 0 Å². The van der Waals surface area contributed by atoms with E-state index in [1.807, 2.05) is 42.5 Å². The highest BCUT2D eigenvalue weighted by molar-refractivity contribution is 6.30. The zero-order chi connectivity index (χ0) is 25.8. The predicted octanol–water partition coefficient (Wildman–Crippen LogP) is 4.68. The highest BCUT2D eigenvalue weighted by Gasteiger charge is 2.44. The van der Waals surface area contributed by atoms with Crippen molar-refractivity contribution in [1.82, 2.24) is 20.2 Å². The number of amides is 3. The highest BCUT2D eigenvalue weighted by Crippen LogP contribution is 2.33.